The molecule has 0 amide bonds. The number of alkyl halides is 3. The van der Waals surface area contributed by atoms with E-state index in [2.05, 4.69) is 0 Å². The van der Waals surface area contributed by atoms with Crippen LogP contribution < -0.4 is 0 Å². The summed E-state index contributed by atoms with van der Waals surface area (Å²) in [5.74, 6) is -0.400. The van der Waals surface area contributed by atoms with Crippen molar-refractivity contribution in [2.24, 2.45) is 7.05 Å². The van der Waals surface area contributed by atoms with Crippen molar-refractivity contribution in [1.82, 2.24) is 9.55 Å². The highest BCUT2D eigenvalue weighted by Gasteiger charge is 2.30. The number of nitrogens with zero attached hydrogens (tertiary/aromatic N) is 2. The van der Waals surface area contributed by atoms with Gasteiger partial charge in [0.15, 0.2) is 5.16 Å². The van der Waals surface area contributed by atoms with E-state index in [0.29, 0.717) is 21.1 Å². The second-order valence-corrected chi connectivity index (χ2v) is 8.10. The van der Waals surface area contributed by atoms with Crippen molar-refractivity contribution < 1.29 is 22.7 Å². The maximum Gasteiger partial charge on any atom is 0.416 e. The summed E-state index contributed by atoms with van der Waals surface area (Å²) in [5.41, 5.74) is 2.90. The van der Waals surface area contributed by atoms with Crippen LogP contribution in [-0.2, 0) is 18.0 Å². The van der Waals surface area contributed by atoms with E-state index in [9.17, 15) is 18.0 Å². The number of esters is 1. The lowest BCUT2D eigenvalue weighted by Crippen LogP contribution is -2.04. The molecule has 0 unspecified atom stereocenters. The van der Waals surface area contributed by atoms with Crippen LogP contribution in [0, 0.1) is 0 Å². The van der Waals surface area contributed by atoms with Gasteiger partial charge in [-0.3, -0.25) is 0 Å². The molecule has 0 spiro atoms. The van der Waals surface area contributed by atoms with Gasteiger partial charge in [0, 0.05) is 17.5 Å². The number of aromatic nitrogens is 2. The van der Waals surface area contributed by atoms with Crippen LogP contribution in [0.25, 0.3) is 22.2 Å². The predicted octanol–water partition coefficient (Wildman–Crippen LogP) is 6.59. The van der Waals surface area contributed by atoms with Gasteiger partial charge in [-0.05, 0) is 48.9 Å². The molecule has 0 aliphatic heterocycles. The van der Waals surface area contributed by atoms with Crippen LogP contribution in [0.4, 0.5) is 13.2 Å². The van der Waals surface area contributed by atoms with E-state index in [0.717, 1.165) is 28.8 Å². The van der Waals surface area contributed by atoms with Gasteiger partial charge in [-0.15, -0.1) is 0 Å². The largest absolute Gasteiger partial charge is 0.462 e. The van der Waals surface area contributed by atoms with Crippen LogP contribution in [0.1, 0.15) is 22.8 Å². The van der Waals surface area contributed by atoms with Crippen molar-refractivity contribution in [3.05, 3.63) is 77.9 Å². The Hall–Kier alpha value is -3.26. The van der Waals surface area contributed by atoms with Crippen LogP contribution in [-0.4, -0.2) is 22.1 Å². The molecule has 8 heteroatoms. The standard InChI is InChI=1S/C24H19F3N2O2S/c1-3-31-22(30)16-8-4-7-15(13-16)19-11-6-12-20-21(19)28-23(29(20)2)32-18-10-5-9-17(14-18)24(25,26)27/h4-14H,3H2,1-2H3. The van der Waals surface area contributed by atoms with E-state index in [1.807, 2.05) is 35.9 Å². The quantitative estimate of drug-likeness (QED) is 0.318. The van der Waals surface area contributed by atoms with Gasteiger partial charge in [0.2, 0.25) is 0 Å². The van der Waals surface area contributed by atoms with E-state index >= 15 is 0 Å². The van der Waals surface area contributed by atoms with Crippen molar-refractivity contribution in [1.29, 1.82) is 0 Å². The molecule has 0 atom stereocenters. The molecular formula is C24H19F3N2O2S. The Morgan fingerprint density at radius 1 is 1.06 bits per heavy atom. The van der Waals surface area contributed by atoms with Crippen molar-refractivity contribution in [2.45, 2.75) is 23.2 Å². The highest BCUT2D eigenvalue weighted by Crippen LogP contribution is 2.36. The first-order valence-electron chi connectivity index (χ1n) is 9.86. The topological polar surface area (TPSA) is 44.1 Å². The number of rotatable bonds is 5. The van der Waals surface area contributed by atoms with E-state index in [1.54, 1.807) is 31.2 Å². The summed E-state index contributed by atoms with van der Waals surface area (Å²) in [6.45, 7) is 2.04. The van der Waals surface area contributed by atoms with Gasteiger partial charge in [0.05, 0.1) is 28.8 Å². The maximum atomic E-state index is 13.1. The third-order valence-corrected chi connectivity index (χ3v) is 5.96. The number of benzene rings is 3. The zero-order chi connectivity index (χ0) is 22.9. The Labute approximate surface area is 187 Å². The number of halogens is 3. The average Bonchev–Trinajstić information content (AvgIpc) is 3.09. The van der Waals surface area contributed by atoms with Crippen molar-refractivity contribution >= 4 is 28.8 Å². The summed E-state index contributed by atoms with van der Waals surface area (Å²) in [6.07, 6.45) is -4.40. The van der Waals surface area contributed by atoms with Gasteiger partial charge in [-0.25, -0.2) is 9.78 Å². The minimum absolute atomic E-state index is 0.287. The summed E-state index contributed by atoms with van der Waals surface area (Å²) >= 11 is 1.17. The molecule has 0 fully saturated rings. The fraction of sp³-hybridized carbons (Fsp3) is 0.167. The van der Waals surface area contributed by atoms with E-state index in [-0.39, 0.29) is 6.61 Å². The Kier molecular flexibility index (Phi) is 5.97. The van der Waals surface area contributed by atoms with Crippen LogP contribution >= 0.6 is 11.8 Å². The van der Waals surface area contributed by atoms with Gasteiger partial charge < -0.3 is 9.30 Å². The summed E-state index contributed by atoms with van der Waals surface area (Å²) < 4.78 is 46.1. The van der Waals surface area contributed by atoms with Gasteiger partial charge in [-0.2, -0.15) is 13.2 Å². The minimum Gasteiger partial charge on any atom is -0.462 e. The number of hydrogen-bond acceptors (Lipinski definition) is 4. The molecule has 0 aliphatic rings. The summed E-state index contributed by atoms with van der Waals surface area (Å²) in [4.78, 5) is 17.3. The summed E-state index contributed by atoms with van der Waals surface area (Å²) in [6, 6.07) is 18.0. The lowest BCUT2D eigenvalue weighted by atomic mass is 10.0. The van der Waals surface area contributed by atoms with Crippen molar-refractivity contribution in [3.63, 3.8) is 0 Å². The first kappa shape index (κ1) is 22.0. The molecular weight excluding hydrogens is 437 g/mol. The highest BCUT2D eigenvalue weighted by molar-refractivity contribution is 7.99. The zero-order valence-electron chi connectivity index (χ0n) is 17.3. The van der Waals surface area contributed by atoms with E-state index < -0.39 is 17.7 Å². The molecule has 32 heavy (non-hydrogen) atoms. The molecule has 0 saturated carbocycles. The molecule has 0 aliphatic carbocycles. The van der Waals surface area contributed by atoms with E-state index in [1.165, 1.54) is 17.8 Å². The normalized spacial score (nSPS) is 11.7. The van der Waals surface area contributed by atoms with Gasteiger partial charge in [0.1, 0.15) is 0 Å². The van der Waals surface area contributed by atoms with E-state index in [4.69, 9.17) is 9.72 Å². The predicted molar refractivity (Wildman–Crippen MR) is 118 cm³/mol. The maximum absolute atomic E-state index is 13.1. The second-order valence-electron chi connectivity index (χ2n) is 7.06. The number of para-hydroxylation sites is 1. The first-order chi connectivity index (χ1) is 15.3. The SMILES string of the molecule is CCOC(=O)c1cccc(-c2cccc3c2nc(Sc2cccc(C(F)(F)F)c2)n3C)c1. The smallest absolute Gasteiger partial charge is 0.416 e. The second kappa shape index (κ2) is 8.70. The molecule has 0 bridgehead atoms. The third kappa shape index (κ3) is 4.36. The fourth-order valence-corrected chi connectivity index (χ4v) is 4.30. The molecule has 0 saturated heterocycles. The number of fused-ring (bicyclic) bond motifs is 1. The molecule has 3 aromatic carbocycles. The zero-order valence-corrected chi connectivity index (χ0v) is 18.1. The molecule has 164 valence electrons. The van der Waals surface area contributed by atoms with Gasteiger partial charge in [0.25, 0.3) is 0 Å². The van der Waals surface area contributed by atoms with Gasteiger partial charge >= 0.3 is 12.1 Å². The van der Waals surface area contributed by atoms with Gasteiger partial charge in [-0.1, -0.05) is 42.1 Å². The number of carbonyl (C=O) groups excluding carboxylic acids is 1. The van der Waals surface area contributed by atoms with Crippen LogP contribution in [0.15, 0.2) is 76.8 Å². The average molecular weight is 456 g/mol. The lowest BCUT2D eigenvalue weighted by molar-refractivity contribution is -0.137. The Morgan fingerprint density at radius 3 is 2.56 bits per heavy atom. The monoisotopic (exact) mass is 456 g/mol. The Morgan fingerprint density at radius 2 is 1.81 bits per heavy atom. The Bertz CT molecular complexity index is 1300. The molecule has 0 radical (unpaired) electrons. The first-order valence-corrected chi connectivity index (χ1v) is 10.7. The van der Waals surface area contributed by atoms with Crippen molar-refractivity contribution in [2.75, 3.05) is 6.61 Å². The van der Waals surface area contributed by atoms with Crippen LogP contribution in [0.3, 0.4) is 0 Å². The number of carbonyl (C=O) groups is 1. The number of ether oxygens (including phenoxy) is 1. The molecule has 0 N–H and O–H groups in total. The highest BCUT2D eigenvalue weighted by atomic mass is 32.2. The number of aryl methyl sites for hydroxylation is 1. The third-order valence-electron chi connectivity index (χ3n) is 4.93. The van der Waals surface area contributed by atoms with Crippen LogP contribution in [0.2, 0.25) is 0 Å². The van der Waals surface area contributed by atoms with Crippen LogP contribution in [0.5, 0.6) is 0 Å². The summed E-state index contributed by atoms with van der Waals surface area (Å²) in [5, 5.41) is 0.563. The van der Waals surface area contributed by atoms with Crippen molar-refractivity contribution in [3.8, 4) is 11.1 Å². The molecule has 1 heterocycles. The Balaban J connectivity index is 1.74. The number of hydrogen-bond donors (Lipinski definition) is 0. The molecule has 4 aromatic rings. The lowest BCUT2D eigenvalue weighted by Gasteiger charge is -2.08. The molecule has 4 rings (SSSR count). The minimum atomic E-state index is -4.40. The number of imidazole rings is 1. The molecule has 1 aromatic heterocycles. The fourth-order valence-electron chi connectivity index (χ4n) is 3.39. The molecule has 4 nitrogen and oxygen atoms in total. The summed E-state index contributed by atoms with van der Waals surface area (Å²) in [7, 11) is 1.82.